The van der Waals surface area contributed by atoms with Crippen molar-refractivity contribution in [2.24, 2.45) is 0 Å². The van der Waals surface area contributed by atoms with Crippen LogP contribution in [0.15, 0.2) is 48.5 Å². The van der Waals surface area contributed by atoms with Gasteiger partial charge in [-0.2, -0.15) is 0 Å². The summed E-state index contributed by atoms with van der Waals surface area (Å²) in [6, 6.07) is 14.0. The van der Waals surface area contributed by atoms with Crippen LogP contribution >= 0.6 is 0 Å². The summed E-state index contributed by atoms with van der Waals surface area (Å²) in [5.74, 6) is 0. The van der Waals surface area contributed by atoms with Crippen LogP contribution in [0.25, 0.3) is 0 Å². The summed E-state index contributed by atoms with van der Waals surface area (Å²) in [7, 11) is 0. The van der Waals surface area contributed by atoms with E-state index in [1.54, 1.807) is 24.3 Å². The molecular formula is C14H14O2Se. The molecule has 2 rings (SSSR count). The van der Waals surface area contributed by atoms with E-state index in [0.29, 0.717) is 8.92 Å². The maximum absolute atomic E-state index is 12.3. The van der Waals surface area contributed by atoms with E-state index < -0.39 is 12.7 Å². The molecule has 2 aromatic carbocycles. The van der Waals surface area contributed by atoms with E-state index in [9.17, 15) is 7.67 Å². The van der Waals surface area contributed by atoms with Gasteiger partial charge in [-0.3, -0.25) is 0 Å². The van der Waals surface area contributed by atoms with Gasteiger partial charge in [0.15, 0.2) is 0 Å². The second-order valence-corrected chi connectivity index (χ2v) is 8.22. The van der Waals surface area contributed by atoms with Gasteiger partial charge in [0.05, 0.1) is 0 Å². The third kappa shape index (κ3) is 2.46. The van der Waals surface area contributed by atoms with E-state index in [4.69, 9.17) is 0 Å². The van der Waals surface area contributed by atoms with Gasteiger partial charge in [-0.25, -0.2) is 0 Å². The van der Waals surface area contributed by atoms with E-state index in [2.05, 4.69) is 0 Å². The minimum atomic E-state index is -4.20. The van der Waals surface area contributed by atoms with E-state index in [1.807, 2.05) is 38.1 Å². The van der Waals surface area contributed by atoms with Crippen LogP contribution in [0.5, 0.6) is 0 Å². The second-order valence-electron chi connectivity index (χ2n) is 4.13. The van der Waals surface area contributed by atoms with E-state index in [1.165, 1.54) is 0 Å². The molecule has 0 spiro atoms. The summed E-state index contributed by atoms with van der Waals surface area (Å²) in [5.41, 5.74) is 2.12. The predicted octanol–water partition coefficient (Wildman–Crippen LogP) is 1.72. The number of hydrogen-bond donors (Lipinski definition) is 0. The molecule has 88 valence electrons. The Kier molecular flexibility index (Phi) is 3.14. The van der Waals surface area contributed by atoms with Crippen LogP contribution in [0.4, 0.5) is 0 Å². The SMILES string of the molecule is Cc1ccc([Se](=O)(=O)c2ccc(C)cc2)cc1. The van der Waals surface area contributed by atoms with Crippen LogP contribution in [-0.4, -0.2) is 12.7 Å². The van der Waals surface area contributed by atoms with Crippen molar-refractivity contribution in [2.75, 3.05) is 0 Å². The van der Waals surface area contributed by atoms with Crippen LogP contribution in [0, 0.1) is 13.8 Å². The molecule has 2 aromatic rings. The molecule has 2 nitrogen and oxygen atoms in total. The van der Waals surface area contributed by atoms with Crippen molar-refractivity contribution in [3.8, 4) is 0 Å². The summed E-state index contributed by atoms with van der Waals surface area (Å²) in [6.45, 7) is 3.88. The standard InChI is InChI=1S/C14H14O2Se/c1-11-3-7-13(8-4-11)17(15,16)14-9-5-12(2)6-10-14/h3-10H,1-2H3. The molecule has 0 radical (unpaired) electrons. The summed E-state index contributed by atoms with van der Waals surface area (Å²) < 4.78 is 25.5. The fraction of sp³-hybridized carbons (Fsp3) is 0.143. The molecule has 0 amide bonds. The number of hydrogen-bond acceptors (Lipinski definition) is 2. The number of aryl methyl sites for hydroxylation is 2. The predicted molar refractivity (Wildman–Crippen MR) is 68.8 cm³/mol. The molecular weight excluding hydrogens is 279 g/mol. The fourth-order valence-electron chi connectivity index (χ4n) is 1.57. The third-order valence-corrected chi connectivity index (χ3v) is 6.41. The van der Waals surface area contributed by atoms with Crippen molar-refractivity contribution in [1.82, 2.24) is 0 Å². The Balaban J connectivity index is 2.50. The van der Waals surface area contributed by atoms with Gasteiger partial charge in [0.25, 0.3) is 0 Å². The van der Waals surface area contributed by atoms with Gasteiger partial charge in [-0.15, -0.1) is 0 Å². The number of benzene rings is 2. The van der Waals surface area contributed by atoms with Gasteiger partial charge in [-0.05, 0) is 0 Å². The van der Waals surface area contributed by atoms with E-state index in [0.717, 1.165) is 11.1 Å². The molecule has 0 aliphatic rings. The van der Waals surface area contributed by atoms with Gasteiger partial charge in [-0.1, -0.05) is 0 Å². The van der Waals surface area contributed by atoms with Crippen LogP contribution < -0.4 is 8.92 Å². The van der Waals surface area contributed by atoms with Crippen molar-refractivity contribution in [3.05, 3.63) is 59.7 Å². The summed E-state index contributed by atoms with van der Waals surface area (Å²) >= 11 is -4.20. The zero-order chi connectivity index (χ0) is 12.5. The molecule has 0 aromatic heterocycles. The summed E-state index contributed by atoms with van der Waals surface area (Å²) in [5, 5.41) is 0. The first-order valence-corrected chi connectivity index (χ1v) is 8.50. The van der Waals surface area contributed by atoms with Crippen molar-refractivity contribution >= 4 is 21.6 Å². The maximum atomic E-state index is 12.3. The molecule has 3 heteroatoms. The third-order valence-electron chi connectivity index (χ3n) is 2.66. The first-order chi connectivity index (χ1) is 8.00. The molecule has 0 saturated carbocycles. The van der Waals surface area contributed by atoms with Gasteiger partial charge in [0.2, 0.25) is 0 Å². The van der Waals surface area contributed by atoms with Crippen molar-refractivity contribution in [2.45, 2.75) is 13.8 Å². The Hall–Kier alpha value is -1.44. The van der Waals surface area contributed by atoms with Gasteiger partial charge in [0, 0.05) is 0 Å². The topological polar surface area (TPSA) is 34.1 Å². The molecule has 0 saturated heterocycles. The zero-order valence-electron chi connectivity index (χ0n) is 9.84. The van der Waals surface area contributed by atoms with Crippen LogP contribution in [0.3, 0.4) is 0 Å². The molecule has 17 heavy (non-hydrogen) atoms. The Morgan fingerprint density at radius 1 is 0.647 bits per heavy atom. The van der Waals surface area contributed by atoms with E-state index >= 15 is 0 Å². The minimum absolute atomic E-state index is 0.413. The van der Waals surface area contributed by atoms with E-state index in [-0.39, 0.29) is 0 Å². The molecule has 0 aliphatic heterocycles. The fourth-order valence-corrected chi connectivity index (χ4v) is 4.22. The molecule has 0 bridgehead atoms. The van der Waals surface area contributed by atoms with Crippen molar-refractivity contribution < 1.29 is 7.67 Å². The molecule has 0 fully saturated rings. The van der Waals surface area contributed by atoms with Gasteiger partial charge < -0.3 is 0 Å². The Morgan fingerprint density at radius 2 is 0.941 bits per heavy atom. The average Bonchev–Trinajstić information content (AvgIpc) is 2.30. The average molecular weight is 293 g/mol. The molecule has 0 heterocycles. The summed E-state index contributed by atoms with van der Waals surface area (Å²) in [6.07, 6.45) is 0. The molecule has 0 aliphatic carbocycles. The summed E-state index contributed by atoms with van der Waals surface area (Å²) in [4.78, 5) is 0. The quantitative estimate of drug-likeness (QED) is 0.790. The first-order valence-electron chi connectivity index (χ1n) is 5.38. The Bertz CT molecular complexity index is 557. The number of rotatable bonds is 2. The van der Waals surface area contributed by atoms with Crippen molar-refractivity contribution in [1.29, 1.82) is 0 Å². The first kappa shape index (κ1) is 12.0. The van der Waals surface area contributed by atoms with Crippen LogP contribution in [-0.2, 0) is 7.67 Å². The van der Waals surface area contributed by atoms with Gasteiger partial charge >= 0.3 is 103 Å². The van der Waals surface area contributed by atoms with Crippen molar-refractivity contribution in [3.63, 3.8) is 0 Å². The van der Waals surface area contributed by atoms with Crippen LogP contribution in [0.1, 0.15) is 11.1 Å². The second kappa shape index (κ2) is 4.44. The zero-order valence-corrected chi connectivity index (χ0v) is 11.6. The molecule has 0 unspecified atom stereocenters. The normalized spacial score (nSPS) is 11.4. The molecule has 0 atom stereocenters. The monoisotopic (exact) mass is 294 g/mol. The Morgan fingerprint density at radius 3 is 1.24 bits per heavy atom. The van der Waals surface area contributed by atoms with Gasteiger partial charge in [0.1, 0.15) is 0 Å². The van der Waals surface area contributed by atoms with Crippen LogP contribution in [0.2, 0.25) is 0 Å². The molecule has 0 N–H and O–H groups in total. The Labute approximate surface area is 103 Å².